The van der Waals surface area contributed by atoms with Gasteiger partial charge in [-0.3, -0.25) is 9.48 Å². The van der Waals surface area contributed by atoms with Gasteiger partial charge in [0.15, 0.2) is 5.82 Å². The monoisotopic (exact) mass is 566 g/mol. The van der Waals surface area contributed by atoms with Gasteiger partial charge in [0.05, 0.1) is 17.6 Å². The number of H-pyrrole nitrogens is 1. The molecule has 222 valence electrons. The van der Waals surface area contributed by atoms with Crippen molar-refractivity contribution in [2.75, 3.05) is 6.54 Å². The van der Waals surface area contributed by atoms with E-state index in [0.717, 1.165) is 38.5 Å². The van der Waals surface area contributed by atoms with Crippen molar-refractivity contribution >= 4 is 23.0 Å². The summed E-state index contributed by atoms with van der Waals surface area (Å²) in [5.41, 5.74) is 1.10. The molecule has 2 atom stereocenters. The molecule has 1 aliphatic heterocycles. The van der Waals surface area contributed by atoms with Crippen LogP contribution in [0.4, 0.5) is 9.18 Å². The molecular weight excluding hydrogens is 523 g/mol. The average molecular weight is 567 g/mol. The van der Waals surface area contributed by atoms with Crippen LogP contribution in [0.1, 0.15) is 114 Å². The summed E-state index contributed by atoms with van der Waals surface area (Å²) in [4.78, 5) is 36.1. The van der Waals surface area contributed by atoms with Gasteiger partial charge in [-0.2, -0.15) is 5.10 Å². The fourth-order valence-corrected chi connectivity index (χ4v) is 6.30. The number of likely N-dealkylation sites (tertiary alicyclic amines) is 1. The minimum atomic E-state index is -0.635. The maximum Gasteiger partial charge on any atom is 0.410 e. The Kier molecular flexibility index (Phi) is 8.38. The van der Waals surface area contributed by atoms with Crippen molar-refractivity contribution in [3.63, 3.8) is 0 Å². The highest BCUT2D eigenvalue weighted by molar-refractivity contribution is 5.92. The van der Waals surface area contributed by atoms with Crippen LogP contribution in [-0.2, 0) is 11.3 Å². The number of halogens is 1. The van der Waals surface area contributed by atoms with E-state index in [1.807, 2.05) is 33.8 Å². The predicted molar refractivity (Wildman–Crippen MR) is 155 cm³/mol. The second-order valence-corrected chi connectivity index (χ2v) is 12.7. The number of aryl methyl sites for hydroxylation is 1. The van der Waals surface area contributed by atoms with Crippen molar-refractivity contribution < 1.29 is 18.7 Å². The van der Waals surface area contributed by atoms with E-state index in [0.29, 0.717) is 48.0 Å². The minimum Gasteiger partial charge on any atom is -0.444 e. The Labute approximate surface area is 241 Å². The van der Waals surface area contributed by atoms with Gasteiger partial charge in [-0.25, -0.2) is 14.2 Å². The topological polar surface area (TPSA) is 105 Å². The van der Waals surface area contributed by atoms with Crippen LogP contribution < -0.4 is 5.32 Å². The summed E-state index contributed by atoms with van der Waals surface area (Å²) in [7, 11) is 0. The van der Waals surface area contributed by atoms with Crippen molar-refractivity contribution in [3.05, 3.63) is 47.3 Å². The first-order chi connectivity index (χ1) is 19.6. The van der Waals surface area contributed by atoms with Gasteiger partial charge in [0.2, 0.25) is 0 Å². The van der Waals surface area contributed by atoms with E-state index >= 15 is 4.39 Å². The summed E-state index contributed by atoms with van der Waals surface area (Å²) < 4.78 is 23.5. The molecule has 9 nitrogen and oxygen atoms in total. The molecule has 5 rings (SSSR count). The molecule has 1 aromatic carbocycles. The highest BCUT2D eigenvalue weighted by Gasteiger charge is 2.35. The molecule has 0 bridgehead atoms. The molecule has 10 heteroatoms. The van der Waals surface area contributed by atoms with Crippen LogP contribution in [0.2, 0.25) is 0 Å². The molecular formula is C31H43FN6O3. The van der Waals surface area contributed by atoms with E-state index in [-0.39, 0.29) is 17.3 Å². The van der Waals surface area contributed by atoms with E-state index in [1.165, 1.54) is 0 Å². The molecule has 1 saturated heterocycles. The smallest absolute Gasteiger partial charge is 0.410 e. The number of carbonyl (C=O) groups is 2. The molecule has 3 aromatic rings. The summed E-state index contributed by atoms with van der Waals surface area (Å²) in [5.74, 6) is 0.723. The van der Waals surface area contributed by atoms with Crippen LogP contribution in [-0.4, -0.2) is 48.8 Å². The number of benzene rings is 1. The van der Waals surface area contributed by atoms with Gasteiger partial charge in [-0.05, 0) is 83.8 Å². The number of hydrogen-bond donors (Lipinski definition) is 2. The first-order valence-corrected chi connectivity index (χ1v) is 15.1. The summed E-state index contributed by atoms with van der Waals surface area (Å²) in [6.45, 7) is 10.8. The number of nitrogens with one attached hydrogen (secondary N) is 2. The zero-order chi connectivity index (χ0) is 29.3. The van der Waals surface area contributed by atoms with E-state index in [9.17, 15) is 9.59 Å². The molecule has 1 unspecified atom stereocenters. The van der Waals surface area contributed by atoms with E-state index < -0.39 is 29.6 Å². The maximum absolute atomic E-state index is 16.2. The lowest BCUT2D eigenvalue weighted by Gasteiger charge is -2.37. The Bertz CT molecular complexity index is 1380. The number of carbonyl (C=O) groups excluding carboxylic acids is 2. The predicted octanol–water partition coefficient (Wildman–Crippen LogP) is 6.68. The number of imidazole rings is 1. The first-order valence-electron chi connectivity index (χ1n) is 15.1. The number of nitrogens with zero attached hydrogens (tertiary/aromatic N) is 4. The second-order valence-electron chi connectivity index (χ2n) is 12.7. The third-order valence-electron chi connectivity index (χ3n) is 8.49. The molecule has 0 radical (unpaired) electrons. The lowest BCUT2D eigenvalue weighted by molar-refractivity contribution is 0.00916. The van der Waals surface area contributed by atoms with Crippen LogP contribution in [0.15, 0.2) is 24.4 Å². The van der Waals surface area contributed by atoms with E-state index in [2.05, 4.69) is 22.3 Å². The standard InChI is InChI=1S/C31H43FN6O3/c1-6-38-24(16-17-33-38)29(39)36-26(20-12-10-19(2)11-13-20)28-34-22-15-14-21(25(32)27(22)35-28)23-9-7-8-18-37(23)30(40)41-31(3,4)5/h14-17,19-20,23,26H,6-13,18H2,1-5H3,(H,34,35)(H,36,39)/t19?,20?,23?,26-/m0/s1. The van der Waals surface area contributed by atoms with Crippen molar-refractivity contribution in [2.45, 2.75) is 104 Å². The minimum absolute atomic E-state index is 0.178. The highest BCUT2D eigenvalue weighted by atomic mass is 19.1. The molecule has 2 aromatic heterocycles. The number of hydrogen-bond acceptors (Lipinski definition) is 5. The van der Waals surface area contributed by atoms with Gasteiger partial charge < -0.3 is 19.9 Å². The van der Waals surface area contributed by atoms with Crippen LogP contribution >= 0.6 is 0 Å². The third kappa shape index (κ3) is 6.26. The zero-order valence-corrected chi connectivity index (χ0v) is 24.9. The number of piperidine rings is 1. The molecule has 2 N–H and O–H groups in total. The van der Waals surface area contributed by atoms with Crippen LogP contribution in [0, 0.1) is 17.7 Å². The summed E-state index contributed by atoms with van der Waals surface area (Å²) >= 11 is 0. The normalized spacial score (nSPS) is 22.5. The fourth-order valence-electron chi connectivity index (χ4n) is 6.30. The number of aromatic amines is 1. The molecule has 41 heavy (non-hydrogen) atoms. The van der Waals surface area contributed by atoms with Gasteiger partial charge in [-0.1, -0.05) is 25.8 Å². The van der Waals surface area contributed by atoms with Crippen LogP contribution in [0.5, 0.6) is 0 Å². The number of ether oxygens (including phenoxy) is 1. The second kappa shape index (κ2) is 11.8. The molecule has 2 aliphatic rings. The van der Waals surface area contributed by atoms with Gasteiger partial charge >= 0.3 is 6.09 Å². The van der Waals surface area contributed by atoms with Gasteiger partial charge in [-0.15, -0.1) is 0 Å². The third-order valence-corrected chi connectivity index (χ3v) is 8.49. The summed E-state index contributed by atoms with van der Waals surface area (Å²) in [6, 6.07) is 4.48. The lowest BCUT2D eigenvalue weighted by Crippen LogP contribution is -2.42. The average Bonchev–Trinajstić information content (AvgIpc) is 3.59. The number of amides is 2. The molecule has 3 heterocycles. The number of fused-ring (bicyclic) bond motifs is 1. The largest absolute Gasteiger partial charge is 0.444 e. The summed E-state index contributed by atoms with van der Waals surface area (Å²) in [5, 5.41) is 7.45. The van der Waals surface area contributed by atoms with Crippen molar-refractivity contribution in [1.82, 2.24) is 30.0 Å². The molecule has 2 amide bonds. The van der Waals surface area contributed by atoms with Crippen molar-refractivity contribution in [1.29, 1.82) is 0 Å². The SMILES string of the molecule is CCn1nccc1C(=O)N[C@H](c1nc2c(F)c(C3CCCCN3C(=O)OC(C)(C)C)ccc2[nH]1)C1CCC(C)CC1. The van der Waals surface area contributed by atoms with Crippen LogP contribution in [0.3, 0.4) is 0 Å². The maximum atomic E-state index is 16.2. The molecule has 1 saturated carbocycles. The van der Waals surface area contributed by atoms with Crippen molar-refractivity contribution in [3.8, 4) is 0 Å². The first kappa shape index (κ1) is 29.1. The van der Waals surface area contributed by atoms with E-state index in [1.54, 1.807) is 27.9 Å². The Morgan fingerprint density at radius 1 is 1.15 bits per heavy atom. The van der Waals surface area contributed by atoms with Gasteiger partial charge in [0.25, 0.3) is 5.91 Å². The van der Waals surface area contributed by atoms with Gasteiger partial charge in [0.1, 0.15) is 22.6 Å². The van der Waals surface area contributed by atoms with Crippen LogP contribution in [0.25, 0.3) is 11.0 Å². The molecule has 0 spiro atoms. The van der Waals surface area contributed by atoms with Crippen molar-refractivity contribution in [2.24, 2.45) is 11.8 Å². The quantitative estimate of drug-likeness (QED) is 0.346. The van der Waals surface area contributed by atoms with Gasteiger partial charge in [0, 0.05) is 24.8 Å². The lowest BCUT2D eigenvalue weighted by atomic mass is 9.79. The Morgan fingerprint density at radius 3 is 2.61 bits per heavy atom. The van der Waals surface area contributed by atoms with E-state index in [4.69, 9.17) is 9.72 Å². The Hall–Kier alpha value is -3.43. The Balaban J connectivity index is 1.47. The molecule has 1 aliphatic carbocycles. The highest BCUT2D eigenvalue weighted by Crippen LogP contribution is 2.39. The zero-order valence-electron chi connectivity index (χ0n) is 24.9. The Morgan fingerprint density at radius 2 is 1.90 bits per heavy atom. The number of aromatic nitrogens is 4. The fraction of sp³-hybridized carbons (Fsp3) is 0.613. The molecule has 2 fully saturated rings. The summed E-state index contributed by atoms with van der Waals surface area (Å²) in [6.07, 6.45) is 7.66. The number of rotatable bonds is 6.